The van der Waals surface area contributed by atoms with Crippen LogP contribution in [0.4, 0.5) is 5.69 Å². The average Bonchev–Trinajstić information content (AvgIpc) is 2.86. The van der Waals surface area contributed by atoms with Crippen LogP contribution in [-0.2, 0) is 13.0 Å². The molecule has 0 fully saturated rings. The van der Waals surface area contributed by atoms with Crippen molar-refractivity contribution in [1.29, 1.82) is 0 Å². The standard InChI is InChI=1S/C14H18ClN3O/c1-3-4-8-13-17-14(19-18-13)9-16-12-7-5-6-11(15)10(12)2/h5-7,16H,3-4,8-9H2,1-2H3. The van der Waals surface area contributed by atoms with Crippen molar-refractivity contribution in [3.05, 3.63) is 40.5 Å². The molecule has 0 atom stereocenters. The number of hydrogen-bond acceptors (Lipinski definition) is 4. The normalized spacial score (nSPS) is 10.7. The number of aromatic nitrogens is 2. The second kappa shape index (κ2) is 6.57. The van der Waals surface area contributed by atoms with Gasteiger partial charge in [0.25, 0.3) is 0 Å². The zero-order chi connectivity index (χ0) is 13.7. The average molecular weight is 280 g/mol. The van der Waals surface area contributed by atoms with Crippen molar-refractivity contribution in [2.24, 2.45) is 0 Å². The van der Waals surface area contributed by atoms with Gasteiger partial charge in [-0.25, -0.2) is 0 Å². The van der Waals surface area contributed by atoms with Gasteiger partial charge in [0.05, 0.1) is 6.54 Å². The fourth-order valence-corrected chi connectivity index (χ4v) is 1.94. The Morgan fingerprint density at radius 1 is 1.37 bits per heavy atom. The molecule has 0 aliphatic heterocycles. The Labute approximate surface area is 118 Å². The van der Waals surface area contributed by atoms with Gasteiger partial charge in [0.2, 0.25) is 5.89 Å². The first-order chi connectivity index (χ1) is 9.20. The molecule has 2 rings (SSSR count). The third-order valence-electron chi connectivity index (χ3n) is 2.96. The summed E-state index contributed by atoms with van der Waals surface area (Å²) in [4.78, 5) is 4.34. The second-order valence-electron chi connectivity index (χ2n) is 4.47. The smallest absolute Gasteiger partial charge is 0.245 e. The zero-order valence-corrected chi connectivity index (χ0v) is 12.0. The number of nitrogens with one attached hydrogen (secondary N) is 1. The minimum atomic E-state index is 0.514. The summed E-state index contributed by atoms with van der Waals surface area (Å²) < 4.78 is 5.20. The molecule has 0 amide bonds. The molecule has 102 valence electrons. The maximum atomic E-state index is 6.07. The summed E-state index contributed by atoms with van der Waals surface area (Å²) in [5.74, 6) is 1.38. The van der Waals surface area contributed by atoms with Crippen molar-refractivity contribution in [3.63, 3.8) is 0 Å². The van der Waals surface area contributed by atoms with Crippen molar-refractivity contribution in [2.75, 3.05) is 5.32 Å². The Balaban J connectivity index is 1.95. The first-order valence-electron chi connectivity index (χ1n) is 6.51. The van der Waals surface area contributed by atoms with E-state index < -0.39 is 0 Å². The van der Waals surface area contributed by atoms with Gasteiger partial charge in [-0.05, 0) is 31.0 Å². The predicted octanol–water partition coefficient (Wildman–Crippen LogP) is 3.99. The van der Waals surface area contributed by atoms with Gasteiger partial charge in [-0.2, -0.15) is 4.98 Å². The van der Waals surface area contributed by atoms with Gasteiger partial charge in [0.1, 0.15) is 0 Å². The maximum absolute atomic E-state index is 6.07. The van der Waals surface area contributed by atoms with Gasteiger partial charge in [-0.1, -0.05) is 36.2 Å². The SMILES string of the molecule is CCCCc1noc(CNc2cccc(Cl)c2C)n1. The summed E-state index contributed by atoms with van der Waals surface area (Å²) in [6, 6.07) is 5.77. The van der Waals surface area contributed by atoms with E-state index in [9.17, 15) is 0 Å². The van der Waals surface area contributed by atoms with E-state index in [1.165, 1.54) is 0 Å². The predicted molar refractivity (Wildman–Crippen MR) is 76.4 cm³/mol. The molecule has 1 aromatic heterocycles. The van der Waals surface area contributed by atoms with Crippen LogP contribution in [0.5, 0.6) is 0 Å². The van der Waals surface area contributed by atoms with E-state index in [-0.39, 0.29) is 0 Å². The lowest BCUT2D eigenvalue weighted by molar-refractivity contribution is 0.377. The number of nitrogens with zero attached hydrogens (tertiary/aromatic N) is 2. The van der Waals surface area contributed by atoms with Gasteiger partial charge in [0, 0.05) is 17.1 Å². The van der Waals surface area contributed by atoms with Crippen LogP contribution in [0.15, 0.2) is 22.7 Å². The van der Waals surface area contributed by atoms with Gasteiger partial charge >= 0.3 is 0 Å². The van der Waals surface area contributed by atoms with Crippen molar-refractivity contribution in [1.82, 2.24) is 10.1 Å². The van der Waals surface area contributed by atoms with Crippen LogP contribution in [0.2, 0.25) is 5.02 Å². The fourth-order valence-electron chi connectivity index (χ4n) is 1.77. The first kappa shape index (κ1) is 13.9. The molecule has 0 spiro atoms. The molecule has 4 nitrogen and oxygen atoms in total. The molecular weight excluding hydrogens is 262 g/mol. The van der Waals surface area contributed by atoms with Crippen LogP contribution >= 0.6 is 11.6 Å². The molecule has 0 bridgehead atoms. The molecule has 0 aliphatic rings. The lowest BCUT2D eigenvalue weighted by Crippen LogP contribution is -2.01. The summed E-state index contributed by atoms with van der Waals surface area (Å²) in [6.07, 6.45) is 3.08. The van der Waals surface area contributed by atoms with Crippen LogP contribution < -0.4 is 5.32 Å². The number of halogens is 1. The van der Waals surface area contributed by atoms with Gasteiger partial charge < -0.3 is 9.84 Å². The van der Waals surface area contributed by atoms with Crippen LogP contribution in [0.3, 0.4) is 0 Å². The third-order valence-corrected chi connectivity index (χ3v) is 3.37. The number of rotatable bonds is 6. The summed E-state index contributed by atoms with van der Waals surface area (Å²) in [5, 5.41) is 7.96. The molecule has 5 heteroatoms. The van der Waals surface area contributed by atoms with Gasteiger partial charge in [-0.3, -0.25) is 0 Å². The van der Waals surface area contributed by atoms with E-state index in [0.717, 1.165) is 41.4 Å². The van der Waals surface area contributed by atoms with E-state index in [1.807, 2.05) is 25.1 Å². The molecule has 1 aromatic carbocycles. The highest BCUT2D eigenvalue weighted by Gasteiger charge is 2.07. The Morgan fingerprint density at radius 2 is 2.21 bits per heavy atom. The minimum absolute atomic E-state index is 0.514. The quantitative estimate of drug-likeness (QED) is 0.869. The van der Waals surface area contributed by atoms with Crippen molar-refractivity contribution in [2.45, 2.75) is 39.7 Å². The van der Waals surface area contributed by atoms with Crippen LogP contribution in [0, 0.1) is 6.92 Å². The topological polar surface area (TPSA) is 51.0 Å². The van der Waals surface area contributed by atoms with Crippen LogP contribution in [0.25, 0.3) is 0 Å². The number of anilines is 1. The molecule has 0 unspecified atom stereocenters. The Bertz CT molecular complexity index is 539. The molecule has 0 saturated carbocycles. The number of benzene rings is 1. The highest BCUT2D eigenvalue weighted by Crippen LogP contribution is 2.23. The summed E-state index contributed by atoms with van der Waals surface area (Å²) in [7, 11) is 0. The van der Waals surface area contributed by atoms with Crippen LogP contribution in [0.1, 0.15) is 37.0 Å². The fraction of sp³-hybridized carbons (Fsp3) is 0.429. The third kappa shape index (κ3) is 3.70. The summed E-state index contributed by atoms with van der Waals surface area (Å²) in [6.45, 7) is 4.63. The Hall–Kier alpha value is -1.55. The Morgan fingerprint density at radius 3 is 3.00 bits per heavy atom. The van der Waals surface area contributed by atoms with Crippen LogP contribution in [-0.4, -0.2) is 10.1 Å². The molecule has 1 N–H and O–H groups in total. The van der Waals surface area contributed by atoms with E-state index in [2.05, 4.69) is 22.4 Å². The first-order valence-corrected chi connectivity index (χ1v) is 6.89. The molecule has 2 aromatic rings. The summed E-state index contributed by atoms with van der Waals surface area (Å²) in [5.41, 5.74) is 2.01. The minimum Gasteiger partial charge on any atom is -0.376 e. The lowest BCUT2D eigenvalue weighted by atomic mass is 10.2. The second-order valence-corrected chi connectivity index (χ2v) is 4.88. The van der Waals surface area contributed by atoms with E-state index in [4.69, 9.17) is 16.1 Å². The van der Waals surface area contributed by atoms with Crippen molar-refractivity contribution < 1.29 is 4.52 Å². The maximum Gasteiger partial charge on any atom is 0.245 e. The zero-order valence-electron chi connectivity index (χ0n) is 11.2. The molecule has 0 radical (unpaired) electrons. The molecule has 0 saturated heterocycles. The van der Waals surface area contributed by atoms with Gasteiger partial charge in [0.15, 0.2) is 5.82 Å². The van der Waals surface area contributed by atoms with Crippen molar-refractivity contribution >= 4 is 17.3 Å². The largest absolute Gasteiger partial charge is 0.376 e. The van der Waals surface area contributed by atoms with E-state index in [1.54, 1.807) is 0 Å². The molecule has 19 heavy (non-hydrogen) atoms. The Kier molecular flexibility index (Phi) is 4.80. The number of aryl methyl sites for hydroxylation is 1. The highest BCUT2D eigenvalue weighted by molar-refractivity contribution is 6.31. The highest BCUT2D eigenvalue weighted by atomic mass is 35.5. The van der Waals surface area contributed by atoms with E-state index in [0.29, 0.717) is 12.4 Å². The summed E-state index contributed by atoms with van der Waals surface area (Å²) >= 11 is 6.07. The number of unbranched alkanes of at least 4 members (excludes halogenated alkanes) is 1. The molecule has 0 aliphatic carbocycles. The molecular formula is C14H18ClN3O. The van der Waals surface area contributed by atoms with Crippen molar-refractivity contribution in [3.8, 4) is 0 Å². The monoisotopic (exact) mass is 279 g/mol. The van der Waals surface area contributed by atoms with Gasteiger partial charge in [-0.15, -0.1) is 0 Å². The van der Waals surface area contributed by atoms with E-state index >= 15 is 0 Å². The number of hydrogen-bond donors (Lipinski definition) is 1. The molecule has 1 heterocycles. The lowest BCUT2D eigenvalue weighted by Gasteiger charge is -2.08.